The van der Waals surface area contributed by atoms with Gasteiger partial charge in [0.05, 0.1) is 18.1 Å². The summed E-state index contributed by atoms with van der Waals surface area (Å²) in [5, 5.41) is 0. The van der Waals surface area contributed by atoms with Crippen molar-refractivity contribution in [2.75, 3.05) is 38.1 Å². The highest BCUT2D eigenvalue weighted by Gasteiger charge is 2.06. The summed E-state index contributed by atoms with van der Waals surface area (Å²) in [5.74, 6) is 5.88. The van der Waals surface area contributed by atoms with Crippen LogP contribution in [0.3, 0.4) is 0 Å². The van der Waals surface area contributed by atoms with Crippen LogP contribution in [0.5, 0.6) is 0 Å². The average molecular weight is 280 g/mol. The van der Waals surface area contributed by atoms with Gasteiger partial charge in [0.1, 0.15) is 0 Å². The second kappa shape index (κ2) is 9.63. The summed E-state index contributed by atoms with van der Waals surface area (Å²) in [7, 11) is 0. The number of nitrogens with one attached hydrogen (secondary N) is 1. The molecule has 0 bridgehead atoms. The molecule has 114 valence electrons. The lowest BCUT2D eigenvalue weighted by Crippen LogP contribution is -2.30. The van der Waals surface area contributed by atoms with Crippen LogP contribution >= 0.6 is 0 Å². The molecule has 0 saturated heterocycles. The van der Waals surface area contributed by atoms with Crippen molar-refractivity contribution in [1.82, 2.24) is 19.8 Å². The van der Waals surface area contributed by atoms with Crippen molar-refractivity contribution >= 4 is 5.82 Å². The van der Waals surface area contributed by atoms with Crippen LogP contribution in [-0.4, -0.2) is 52.5 Å². The van der Waals surface area contributed by atoms with Crippen molar-refractivity contribution in [1.29, 1.82) is 0 Å². The zero-order valence-electron chi connectivity index (χ0n) is 13.0. The quantitative estimate of drug-likeness (QED) is 0.497. The summed E-state index contributed by atoms with van der Waals surface area (Å²) in [4.78, 5) is 13.4. The Morgan fingerprint density at radius 1 is 1.00 bits per heavy atom. The molecule has 6 heteroatoms. The van der Waals surface area contributed by atoms with Gasteiger partial charge in [0.2, 0.25) is 0 Å². The molecule has 0 aliphatic heterocycles. The highest BCUT2D eigenvalue weighted by atomic mass is 15.3. The molecule has 0 atom stereocenters. The van der Waals surface area contributed by atoms with E-state index in [0.29, 0.717) is 5.82 Å². The van der Waals surface area contributed by atoms with Crippen LogP contribution in [0.25, 0.3) is 0 Å². The molecule has 0 aromatic carbocycles. The summed E-state index contributed by atoms with van der Waals surface area (Å²) < 4.78 is 0. The van der Waals surface area contributed by atoms with Crippen LogP contribution in [0.15, 0.2) is 12.4 Å². The highest BCUT2D eigenvalue weighted by Crippen LogP contribution is 2.04. The van der Waals surface area contributed by atoms with E-state index in [1.807, 2.05) is 0 Å². The maximum atomic E-state index is 5.28. The summed E-state index contributed by atoms with van der Waals surface area (Å²) in [6.07, 6.45) is 4.63. The highest BCUT2D eigenvalue weighted by molar-refractivity contribution is 5.28. The van der Waals surface area contributed by atoms with Crippen molar-refractivity contribution in [2.45, 2.75) is 33.7 Å². The molecule has 0 saturated carbocycles. The summed E-state index contributed by atoms with van der Waals surface area (Å²) in [6.45, 7) is 13.0. The molecule has 0 fully saturated rings. The standard InChI is InChI=1S/C14H28N6/c1-4-19(5-2)8-7-9-20(6-3)12-13-10-17-14(18-15)11-16-13/h10-11H,4-9,12,15H2,1-3H3,(H,17,18). The second-order valence-corrected chi connectivity index (χ2v) is 4.79. The summed E-state index contributed by atoms with van der Waals surface area (Å²) in [5.41, 5.74) is 3.47. The number of hydrogen-bond donors (Lipinski definition) is 2. The minimum atomic E-state index is 0.596. The molecule has 1 aromatic heterocycles. The predicted octanol–water partition coefficient (Wildman–Crippen LogP) is 1.32. The first-order chi connectivity index (χ1) is 9.73. The fraction of sp³-hybridized carbons (Fsp3) is 0.714. The second-order valence-electron chi connectivity index (χ2n) is 4.79. The molecule has 20 heavy (non-hydrogen) atoms. The fourth-order valence-corrected chi connectivity index (χ4v) is 2.15. The number of anilines is 1. The predicted molar refractivity (Wildman–Crippen MR) is 83.2 cm³/mol. The smallest absolute Gasteiger partial charge is 0.158 e. The molecular weight excluding hydrogens is 252 g/mol. The molecule has 0 spiro atoms. The van der Waals surface area contributed by atoms with Crippen LogP contribution in [0, 0.1) is 0 Å². The van der Waals surface area contributed by atoms with E-state index in [0.717, 1.165) is 45.0 Å². The van der Waals surface area contributed by atoms with Crippen LogP contribution in [-0.2, 0) is 6.54 Å². The number of hydrogen-bond acceptors (Lipinski definition) is 6. The lowest BCUT2D eigenvalue weighted by Gasteiger charge is -2.23. The lowest BCUT2D eigenvalue weighted by molar-refractivity contribution is 0.236. The Labute approximate surface area is 122 Å². The number of rotatable bonds is 10. The van der Waals surface area contributed by atoms with Crippen LogP contribution in [0.2, 0.25) is 0 Å². The van der Waals surface area contributed by atoms with Gasteiger partial charge in [0, 0.05) is 6.54 Å². The van der Waals surface area contributed by atoms with Gasteiger partial charge < -0.3 is 10.3 Å². The number of aromatic nitrogens is 2. The number of nitrogens with zero attached hydrogens (tertiary/aromatic N) is 4. The minimum Gasteiger partial charge on any atom is -0.307 e. The first kappa shape index (κ1) is 16.8. The van der Waals surface area contributed by atoms with Crippen molar-refractivity contribution in [2.24, 2.45) is 5.84 Å². The lowest BCUT2D eigenvalue weighted by atomic mass is 10.3. The summed E-state index contributed by atoms with van der Waals surface area (Å²) >= 11 is 0. The van der Waals surface area contributed by atoms with Gasteiger partial charge in [-0.15, -0.1) is 0 Å². The SMILES string of the molecule is CCN(CC)CCCN(CC)Cc1cnc(NN)cn1. The molecule has 1 aromatic rings. The van der Waals surface area contributed by atoms with E-state index in [1.54, 1.807) is 12.4 Å². The number of hydrazine groups is 1. The van der Waals surface area contributed by atoms with Crippen molar-refractivity contribution in [3.8, 4) is 0 Å². The Hall–Kier alpha value is -1.24. The van der Waals surface area contributed by atoms with E-state index < -0.39 is 0 Å². The largest absolute Gasteiger partial charge is 0.307 e. The van der Waals surface area contributed by atoms with E-state index in [9.17, 15) is 0 Å². The Bertz CT molecular complexity index is 349. The van der Waals surface area contributed by atoms with E-state index in [-0.39, 0.29) is 0 Å². The first-order valence-corrected chi connectivity index (χ1v) is 7.45. The van der Waals surface area contributed by atoms with Crippen molar-refractivity contribution in [3.05, 3.63) is 18.1 Å². The molecule has 3 N–H and O–H groups in total. The van der Waals surface area contributed by atoms with Gasteiger partial charge in [-0.05, 0) is 39.1 Å². The van der Waals surface area contributed by atoms with Gasteiger partial charge in [-0.2, -0.15) is 0 Å². The van der Waals surface area contributed by atoms with Gasteiger partial charge in [-0.25, -0.2) is 10.8 Å². The van der Waals surface area contributed by atoms with Crippen LogP contribution in [0.4, 0.5) is 5.82 Å². The molecule has 6 nitrogen and oxygen atoms in total. The zero-order valence-corrected chi connectivity index (χ0v) is 13.0. The third kappa shape index (κ3) is 5.81. The molecule has 0 aliphatic carbocycles. The Morgan fingerprint density at radius 2 is 1.65 bits per heavy atom. The molecule has 0 aliphatic rings. The molecule has 0 amide bonds. The van der Waals surface area contributed by atoms with Gasteiger partial charge in [0.15, 0.2) is 5.82 Å². The number of nitrogens with two attached hydrogens (primary N) is 1. The molecular formula is C14H28N6. The molecule has 1 rings (SSSR count). The van der Waals surface area contributed by atoms with E-state index in [1.165, 1.54) is 6.42 Å². The van der Waals surface area contributed by atoms with Crippen LogP contribution < -0.4 is 11.3 Å². The normalized spacial score (nSPS) is 11.3. The van der Waals surface area contributed by atoms with Crippen molar-refractivity contribution < 1.29 is 0 Å². The van der Waals surface area contributed by atoms with Gasteiger partial charge in [-0.1, -0.05) is 20.8 Å². The van der Waals surface area contributed by atoms with Gasteiger partial charge in [0.25, 0.3) is 0 Å². The Balaban J connectivity index is 2.38. The summed E-state index contributed by atoms with van der Waals surface area (Å²) in [6, 6.07) is 0. The Kier molecular flexibility index (Phi) is 8.10. The zero-order chi connectivity index (χ0) is 14.8. The van der Waals surface area contributed by atoms with E-state index in [4.69, 9.17) is 5.84 Å². The topological polar surface area (TPSA) is 70.3 Å². The third-order valence-corrected chi connectivity index (χ3v) is 3.53. The monoisotopic (exact) mass is 280 g/mol. The van der Waals surface area contributed by atoms with E-state index in [2.05, 4.69) is 46.0 Å². The maximum Gasteiger partial charge on any atom is 0.158 e. The number of nitrogen functional groups attached to an aromatic ring is 1. The minimum absolute atomic E-state index is 0.596. The molecule has 0 radical (unpaired) electrons. The van der Waals surface area contributed by atoms with Crippen molar-refractivity contribution in [3.63, 3.8) is 0 Å². The van der Waals surface area contributed by atoms with Gasteiger partial charge in [-0.3, -0.25) is 9.88 Å². The molecule has 1 heterocycles. The maximum absolute atomic E-state index is 5.28. The molecule has 0 unspecified atom stereocenters. The average Bonchev–Trinajstić information content (AvgIpc) is 2.51. The van der Waals surface area contributed by atoms with Crippen LogP contribution in [0.1, 0.15) is 32.9 Å². The van der Waals surface area contributed by atoms with Gasteiger partial charge >= 0.3 is 0 Å². The Morgan fingerprint density at radius 3 is 2.15 bits per heavy atom. The van der Waals surface area contributed by atoms with E-state index >= 15 is 0 Å². The first-order valence-electron chi connectivity index (χ1n) is 7.45. The fourth-order valence-electron chi connectivity index (χ4n) is 2.15. The third-order valence-electron chi connectivity index (χ3n) is 3.53.